The molecule has 44 heavy (non-hydrogen) atoms. The number of carboxylic acids is 6. The molecule has 5 atom stereocenters. The number of carbonyl (C=O) groups excluding carboxylic acids is 1. The molecule has 260 valence electrons. The standard InChI is InChI=1S/C5H9NO2.2C5H11NO2.C4H8N2O3.C3H7NO2.C2H5NO2/c7-5(8)4-2-1-3-6-4;2*1-3(2)4(6)5(7)8;5-2(4(8)9)1-3(6)7;1-2(4)3(5)6;3-1-2(4)5/h4,6H,1-3H2,(H,7,8);2*3-4H,6H2,1-2H3,(H,7,8);2H,1,5H2,(H2,6,7)(H,8,9);2H,4H2,1H3,(H,5,6);1,3H2,(H,4,5)/t3*4-;2*2-;/m00000./s1. The highest BCUT2D eigenvalue weighted by atomic mass is 16.4. The van der Waals surface area contributed by atoms with Crippen molar-refractivity contribution in [3.8, 4) is 0 Å². The minimum atomic E-state index is -1.21. The Bertz CT molecular complexity index is 825. The van der Waals surface area contributed by atoms with Crippen LogP contribution in [0.4, 0.5) is 0 Å². The summed E-state index contributed by atoms with van der Waals surface area (Å²) in [6, 6.07) is -3.59. The van der Waals surface area contributed by atoms with Crippen molar-refractivity contribution in [1.82, 2.24) is 5.32 Å². The molecule has 0 saturated carbocycles. The second-order valence-electron chi connectivity index (χ2n) is 9.54. The van der Waals surface area contributed by atoms with Gasteiger partial charge < -0.3 is 70.4 Å². The fourth-order valence-electron chi connectivity index (χ4n) is 1.77. The first-order valence-electron chi connectivity index (χ1n) is 13.0. The van der Waals surface area contributed by atoms with E-state index in [1.807, 2.05) is 0 Å². The first-order chi connectivity index (χ1) is 19.9. The summed E-state index contributed by atoms with van der Waals surface area (Å²) in [5, 5.41) is 51.2. The van der Waals surface area contributed by atoms with Crippen LogP contribution in [0.2, 0.25) is 0 Å². The second-order valence-corrected chi connectivity index (χ2v) is 9.54. The number of nitrogens with one attached hydrogen (secondary N) is 1. The van der Waals surface area contributed by atoms with E-state index < -0.39 is 65.9 Å². The van der Waals surface area contributed by atoms with Crippen LogP contribution < -0.4 is 39.7 Å². The highest BCUT2D eigenvalue weighted by Crippen LogP contribution is 2.03. The van der Waals surface area contributed by atoms with Crippen LogP contribution >= 0.6 is 0 Å². The lowest BCUT2D eigenvalue weighted by Gasteiger charge is -2.07. The molecular weight excluding hydrogens is 594 g/mol. The maximum atomic E-state index is 10.1. The van der Waals surface area contributed by atoms with Crippen LogP contribution in [0.5, 0.6) is 0 Å². The van der Waals surface area contributed by atoms with Crippen molar-refractivity contribution in [3.63, 3.8) is 0 Å². The largest absolute Gasteiger partial charge is 0.480 e. The lowest BCUT2D eigenvalue weighted by molar-refractivity contribution is -0.140. The molecule has 20 heteroatoms. The number of primary amides is 1. The van der Waals surface area contributed by atoms with E-state index >= 15 is 0 Å². The molecule has 1 rings (SSSR count). The molecule has 0 aliphatic carbocycles. The van der Waals surface area contributed by atoms with Gasteiger partial charge in [0.1, 0.15) is 30.2 Å². The van der Waals surface area contributed by atoms with E-state index in [-0.39, 0.29) is 30.8 Å². The number of carboxylic acid groups (broad SMARTS) is 6. The van der Waals surface area contributed by atoms with E-state index in [4.69, 9.17) is 53.6 Å². The van der Waals surface area contributed by atoms with Crippen molar-refractivity contribution in [2.24, 2.45) is 46.2 Å². The number of hydrogen-bond acceptors (Lipinski definition) is 13. The summed E-state index contributed by atoms with van der Waals surface area (Å²) in [6.07, 6.45) is 1.47. The van der Waals surface area contributed by atoms with E-state index in [1.54, 1.807) is 27.7 Å². The third-order valence-corrected chi connectivity index (χ3v) is 4.67. The van der Waals surface area contributed by atoms with E-state index in [2.05, 4.69) is 16.8 Å². The predicted octanol–water partition coefficient (Wildman–Crippen LogP) is -3.35. The predicted molar refractivity (Wildman–Crippen MR) is 157 cm³/mol. The molecule has 1 fully saturated rings. The summed E-state index contributed by atoms with van der Waals surface area (Å²) in [5.74, 6) is -6.39. The summed E-state index contributed by atoms with van der Waals surface area (Å²) in [6.45, 7) is 9.11. The molecule has 1 aliphatic heterocycles. The van der Waals surface area contributed by atoms with Crippen LogP contribution in [-0.2, 0) is 33.6 Å². The van der Waals surface area contributed by atoms with Gasteiger partial charge in [-0.2, -0.15) is 0 Å². The van der Waals surface area contributed by atoms with Crippen LogP contribution in [0, 0.1) is 11.8 Å². The van der Waals surface area contributed by atoms with Gasteiger partial charge in [-0.3, -0.25) is 33.6 Å². The zero-order chi connectivity index (χ0) is 36.3. The minimum Gasteiger partial charge on any atom is -0.480 e. The van der Waals surface area contributed by atoms with Gasteiger partial charge in [0.15, 0.2) is 0 Å². The molecule has 0 radical (unpaired) electrons. The number of hydrogen-bond donors (Lipinski definition) is 13. The molecule has 0 aromatic carbocycles. The van der Waals surface area contributed by atoms with Crippen molar-refractivity contribution in [3.05, 3.63) is 0 Å². The Kier molecular flexibility index (Phi) is 32.9. The highest BCUT2D eigenvalue weighted by Gasteiger charge is 2.20. The van der Waals surface area contributed by atoms with E-state index in [0.29, 0.717) is 0 Å². The highest BCUT2D eigenvalue weighted by molar-refractivity contribution is 5.83. The van der Waals surface area contributed by atoms with Crippen LogP contribution in [0.25, 0.3) is 0 Å². The van der Waals surface area contributed by atoms with Gasteiger partial charge in [-0.1, -0.05) is 27.7 Å². The van der Waals surface area contributed by atoms with Gasteiger partial charge in [-0.05, 0) is 38.1 Å². The fourth-order valence-corrected chi connectivity index (χ4v) is 1.77. The topological polar surface area (TPSA) is 409 Å². The monoisotopic (exact) mass is 645 g/mol. The molecule has 0 spiro atoms. The average Bonchev–Trinajstić information content (AvgIpc) is 3.44. The smallest absolute Gasteiger partial charge is 0.321 e. The van der Waals surface area contributed by atoms with E-state index in [9.17, 15) is 33.6 Å². The third-order valence-electron chi connectivity index (χ3n) is 4.67. The Morgan fingerprint density at radius 2 is 1.05 bits per heavy atom. The summed E-state index contributed by atoms with van der Waals surface area (Å²) >= 11 is 0. The summed E-state index contributed by atoms with van der Waals surface area (Å²) in [7, 11) is 0. The van der Waals surface area contributed by atoms with Crippen LogP contribution in [0.3, 0.4) is 0 Å². The Morgan fingerprint density at radius 1 is 0.705 bits per heavy atom. The van der Waals surface area contributed by atoms with Gasteiger partial charge in [-0.25, -0.2) is 0 Å². The molecule has 1 amide bonds. The van der Waals surface area contributed by atoms with Gasteiger partial charge in [-0.15, -0.1) is 0 Å². The number of rotatable bonds is 10. The molecule has 1 saturated heterocycles. The zero-order valence-electron chi connectivity index (χ0n) is 25.6. The lowest BCUT2D eigenvalue weighted by Crippen LogP contribution is -2.34. The molecule has 0 aromatic rings. The van der Waals surface area contributed by atoms with Crippen molar-refractivity contribution >= 4 is 41.7 Å². The normalized spacial score (nSPS) is 15.5. The number of aliphatic carboxylic acids is 6. The quantitative estimate of drug-likeness (QED) is 0.110. The van der Waals surface area contributed by atoms with Gasteiger partial charge in [0, 0.05) is 0 Å². The first-order valence-corrected chi connectivity index (χ1v) is 13.0. The molecule has 19 N–H and O–H groups in total. The first kappa shape index (κ1) is 49.7. The second kappa shape index (κ2) is 29.1. The molecule has 1 heterocycles. The molecule has 0 bridgehead atoms. The maximum Gasteiger partial charge on any atom is 0.321 e. The van der Waals surface area contributed by atoms with Crippen molar-refractivity contribution in [2.45, 2.75) is 84.1 Å². The maximum absolute atomic E-state index is 10.1. The zero-order valence-corrected chi connectivity index (χ0v) is 25.6. The Morgan fingerprint density at radius 3 is 1.11 bits per heavy atom. The van der Waals surface area contributed by atoms with Crippen molar-refractivity contribution in [2.75, 3.05) is 13.1 Å². The van der Waals surface area contributed by atoms with Gasteiger partial charge in [0.2, 0.25) is 5.91 Å². The number of carbonyl (C=O) groups is 7. The van der Waals surface area contributed by atoms with Crippen LogP contribution in [-0.4, -0.2) is 116 Å². The number of amides is 1. The van der Waals surface area contributed by atoms with Crippen LogP contribution in [0.15, 0.2) is 0 Å². The average molecular weight is 646 g/mol. The summed E-state index contributed by atoms with van der Waals surface area (Å²) < 4.78 is 0. The van der Waals surface area contributed by atoms with E-state index in [0.717, 1.165) is 19.4 Å². The SMILES string of the molecule is CC(C)[C@H](N)C(=O)O.CC(C)[C@H](N)C(=O)O.C[C@H](N)C(=O)O.NC(=O)C[C@H](N)C(=O)O.NCC(=O)O.O=C(O)[C@@H]1CCCN1. The Labute approximate surface area is 255 Å². The van der Waals surface area contributed by atoms with E-state index in [1.165, 1.54) is 6.92 Å². The molecule has 1 aliphatic rings. The lowest BCUT2D eigenvalue weighted by atomic mass is 10.1. The molecular formula is C24H51N7O13. The van der Waals surface area contributed by atoms with Gasteiger partial charge >= 0.3 is 35.8 Å². The number of nitrogens with two attached hydrogens (primary N) is 6. The summed E-state index contributed by atoms with van der Waals surface area (Å²) in [5.41, 5.74) is 29.3. The van der Waals surface area contributed by atoms with Gasteiger partial charge in [0.25, 0.3) is 0 Å². The Balaban J connectivity index is -0.000000140. The molecule has 0 unspecified atom stereocenters. The van der Waals surface area contributed by atoms with Gasteiger partial charge in [0.05, 0.1) is 13.0 Å². The fraction of sp³-hybridized carbons (Fsp3) is 0.708. The third kappa shape index (κ3) is 38.0. The van der Waals surface area contributed by atoms with Crippen molar-refractivity contribution < 1.29 is 64.2 Å². The summed E-state index contributed by atoms with van der Waals surface area (Å²) in [4.78, 5) is 68.9. The molecule has 20 nitrogen and oxygen atoms in total. The molecule has 0 aromatic heterocycles. The Hall–Kier alpha value is -3.95. The van der Waals surface area contributed by atoms with Crippen LogP contribution in [0.1, 0.15) is 53.9 Å². The minimum absolute atomic E-state index is 0.0208. The van der Waals surface area contributed by atoms with Crippen molar-refractivity contribution in [1.29, 1.82) is 0 Å².